The lowest BCUT2D eigenvalue weighted by Crippen LogP contribution is -2.03. The van der Waals surface area contributed by atoms with Crippen molar-refractivity contribution in [2.75, 3.05) is 0 Å². The monoisotopic (exact) mass is 254 g/mol. The van der Waals surface area contributed by atoms with Gasteiger partial charge in [0.05, 0.1) is 6.10 Å². The van der Waals surface area contributed by atoms with Gasteiger partial charge < -0.3 is 5.11 Å². The first-order chi connectivity index (χ1) is 6.75. The van der Waals surface area contributed by atoms with Gasteiger partial charge in [0.25, 0.3) is 0 Å². The first-order valence-electron chi connectivity index (χ1n) is 5.17. The summed E-state index contributed by atoms with van der Waals surface area (Å²) in [6.45, 7) is 0. The summed E-state index contributed by atoms with van der Waals surface area (Å²) in [5.41, 5.74) is 1.37. The van der Waals surface area contributed by atoms with Crippen LogP contribution in [0.1, 0.15) is 24.8 Å². The minimum atomic E-state index is -0.0533. The number of rotatable bonds is 2. The summed E-state index contributed by atoms with van der Waals surface area (Å²) < 4.78 is 1.20. The second-order valence-corrected chi connectivity index (χ2v) is 4.98. The molecule has 1 fully saturated rings. The van der Waals surface area contributed by atoms with Crippen LogP contribution in [0.2, 0.25) is 0 Å². The second-order valence-electron chi connectivity index (χ2n) is 4.13. The van der Waals surface area contributed by atoms with Gasteiger partial charge in [-0.1, -0.05) is 34.1 Å². The fourth-order valence-corrected chi connectivity index (χ4v) is 2.66. The van der Waals surface area contributed by atoms with Crippen LogP contribution in [0.15, 0.2) is 28.7 Å². The molecule has 2 rings (SSSR count). The summed E-state index contributed by atoms with van der Waals surface area (Å²) in [4.78, 5) is 0. The van der Waals surface area contributed by atoms with Gasteiger partial charge in [-0.15, -0.1) is 0 Å². The highest BCUT2D eigenvalue weighted by Crippen LogP contribution is 2.30. The Bertz CT molecular complexity index is 311. The van der Waals surface area contributed by atoms with E-state index in [1.165, 1.54) is 16.5 Å². The molecule has 2 unspecified atom stereocenters. The van der Waals surface area contributed by atoms with E-state index in [1.807, 2.05) is 6.07 Å². The molecule has 1 N–H and O–H groups in total. The molecule has 0 spiro atoms. The molecule has 0 aliphatic heterocycles. The Morgan fingerprint density at radius 1 is 1.29 bits per heavy atom. The van der Waals surface area contributed by atoms with Crippen molar-refractivity contribution in [3.8, 4) is 0 Å². The summed E-state index contributed by atoms with van der Waals surface area (Å²) in [6.07, 6.45) is 4.17. The minimum Gasteiger partial charge on any atom is -0.393 e. The molecule has 1 aromatic rings. The lowest BCUT2D eigenvalue weighted by atomic mass is 9.98. The van der Waals surface area contributed by atoms with E-state index in [0.29, 0.717) is 5.92 Å². The molecule has 0 bridgehead atoms. The molecule has 14 heavy (non-hydrogen) atoms. The molecule has 1 saturated carbocycles. The summed E-state index contributed by atoms with van der Waals surface area (Å²) >= 11 is 3.56. The smallest absolute Gasteiger partial charge is 0.0543 e. The molecule has 2 atom stereocenters. The van der Waals surface area contributed by atoms with Gasteiger partial charge in [-0.25, -0.2) is 0 Å². The Kier molecular flexibility index (Phi) is 3.24. The number of hydrogen-bond donors (Lipinski definition) is 1. The van der Waals surface area contributed by atoms with Crippen molar-refractivity contribution in [1.29, 1.82) is 0 Å². The Hall–Kier alpha value is -0.340. The predicted molar refractivity (Wildman–Crippen MR) is 61.2 cm³/mol. The number of aliphatic hydroxyl groups is 1. The zero-order chi connectivity index (χ0) is 9.97. The highest BCUT2D eigenvalue weighted by molar-refractivity contribution is 9.10. The summed E-state index contributed by atoms with van der Waals surface area (Å²) in [6, 6.07) is 8.36. The van der Waals surface area contributed by atoms with Crippen LogP contribution in [0.25, 0.3) is 0 Å². The summed E-state index contributed by atoms with van der Waals surface area (Å²) in [5.74, 6) is 0.670. The van der Waals surface area contributed by atoms with E-state index in [1.54, 1.807) is 0 Å². The SMILES string of the molecule is OC1CCC(Cc2ccccc2Br)C1. The Labute approximate surface area is 93.3 Å². The molecule has 0 aromatic heterocycles. The fourth-order valence-electron chi connectivity index (χ4n) is 2.21. The molecule has 1 aromatic carbocycles. The van der Waals surface area contributed by atoms with Gasteiger partial charge in [0.2, 0.25) is 0 Å². The zero-order valence-corrected chi connectivity index (χ0v) is 9.70. The van der Waals surface area contributed by atoms with Crippen LogP contribution in [-0.4, -0.2) is 11.2 Å². The van der Waals surface area contributed by atoms with Gasteiger partial charge in [0, 0.05) is 4.47 Å². The van der Waals surface area contributed by atoms with Crippen molar-refractivity contribution in [3.63, 3.8) is 0 Å². The highest BCUT2D eigenvalue weighted by Gasteiger charge is 2.23. The van der Waals surface area contributed by atoms with Gasteiger partial charge in [0.1, 0.15) is 0 Å². The van der Waals surface area contributed by atoms with E-state index < -0.39 is 0 Å². The minimum absolute atomic E-state index is 0.0533. The van der Waals surface area contributed by atoms with Gasteiger partial charge in [-0.2, -0.15) is 0 Å². The number of benzene rings is 1. The lowest BCUT2D eigenvalue weighted by Gasteiger charge is -2.10. The number of hydrogen-bond acceptors (Lipinski definition) is 1. The third-order valence-corrected chi connectivity index (χ3v) is 3.75. The molecule has 76 valence electrons. The van der Waals surface area contributed by atoms with Crippen molar-refractivity contribution >= 4 is 15.9 Å². The predicted octanol–water partition coefficient (Wildman–Crippen LogP) is 3.15. The van der Waals surface area contributed by atoms with E-state index in [2.05, 4.69) is 34.1 Å². The summed E-state index contributed by atoms with van der Waals surface area (Å²) in [5, 5.41) is 9.44. The zero-order valence-electron chi connectivity index (χ0n) is 8.12. The summed E-state index contributed by atoms with van der Waals surface area (Å²) in [7, 11) is 0. The third-order valence-electron chi connectivity index (χ3n) is 2.98. The van der Waals surface area contributed by atoms with Gasteiger partial charge in [0.15, 0.2) is 0 Å². The average molecular weight is 255 g/mol. The molecule has 1 aliphatic carbocycles. The van der Waals surface area contributed by atoms with Crippen LogP contribution < -0.4 is 0 Å². The molecule has 1 nitrogen and oxygen atoms in total. The van der Waals surface area contributed by atoms with E-state index in [-0.39, 0.29) is 6.10 Å². The molecule has 0 amide bonds. The van der Waals surface area contributed by atoms with E-state index in [9.17, 15) is 5.11 Å². The van der Waals surface area contributed by atoms with Crippen molar-refractivity contribution in [2.24, 2.45) is 5.92 Å². The second kappa shape index (κ2) is 4.45. The lowest BCUT2D eigenvalue weighted by molar-refractivity contribution is 0.177. The largest absolute Gasteiger partial charge is 0.393 e. The first kappa shape index (κ1) is 10.2. The fraction of sp³-hybridized carbons (Fsp3) is 0.500. The Balaban J connectivity index is 2.01. The normalized spacial score (nSPS) is 26.7. The van der Waals surface area contributed by atoms with Gasteiger partial charge >= 0.3 is 0 Å². The van der Waals surface area contributed by atoms with Crippen LogP contribution in [0.3, 0.4) is 0 Å². The maximum Gasteiger partial charge on any atom is 0.0543 e. The molecule has 1 aliphatic rings. The molecule has 2 heteroatoms. The number of halogens is 1. The topological polar surface area (TPSA) is 20.2 Å². The number of aliphatic hydroxyl groups excluding tert-OH is 1. The maximum absolute atomic E-state index is 9.44. The Morgan fingerprint density at radius 2 is 2.07 bits per heavy atom. The quantitative estimate of drug-likeness (QED) is 0.860. The van der Waals surface area contributed by atoms with Gasteiger partial charge in [-0.05, 0) is 43.2 Å². The third kappa shape index (κ3) is 2.37. The standard InChI is InChI=1S/C12H15BrO/c13-12-4-2-1-3-10(12)7-9-5-6-11(14)8-9/h1-4,9,11,14H,5-8H2. The molecule has 0 saturated heterocycles. The van der Waals surface area contributed by atoms with Crippen molar-refractivity contribution in [1.82, 2.24) is 0 Å². The maximum atomic E-state index is 9.44. The van der Waals surface area contributed by atoms with Crippen molar-refractivity contribution in [2.45, 2.75) is 31.8 Å². The van der Waals surface area contributed by atoms with Gasteiger partial charge in [-0.3, -0.25) is 0 Å². The first-order valence-corrected chi connectivity index (χ1v) is 5.96. The Morgan fingerprint density at radius 3 is 2.71 bits per heavy atom. The van der Waals surface area contributed by atoms with Crippen LogP contribution >= 0.6 is 15.9 Å². The average Bonchev–Trinajstić information content (AvgIpc) is 2.56. The van der Waals surface area contributed by atoms with E-state index in [0.717, 1.165) is 19.3 Å². The van der Waals surface area contributed by atoms with Crippen LogP contribution in [0.5, 0.6) is 0 Å². The molecule has 0 radical (unpaired) electrons. The van der Waals surface area contributed by atoms with Crippen LogP contribution in [0.4, 0.5) is 0 Å². The van der Waals surface area contributed by atoms with E-state index >= 15 is 0 Å². The van der Waals surface area contributed by atoms with Crippen molar-refractivity contribution in [3.05, 3.63) is 34.3 Å². The van der Waals surface area contributed by atoms with Crippen LogP contribution in [0, 0.1) is 5.92 Å². The molecule has 0 heterocycles. The van der Waals surface area contributed by atoms with Crippen molar-refractivity contribution < 1.29 is 5.11 Å². The van der Waals surface area contributed by atoms with E-state index in [4.69, 9.17) is 0 Å². The molecular formula is C12H15BrO. The van der Waals surface area contributed by atoms with Crippen LogP contribution in [-0.2, 0) is 6.42 Å². The molecular weight excluding hydrogens is 240 g/mol. The highest BCUT2D eigenvalue weighted by atomic mass is 79.9.